The predicted octanol–water partition coefficient (Wildman–Crippen LogP) is 0.365. The van der Waals surface area contributed by atoms with Gasteiger partial charge in [-0.05, 0) is 12.8 Å². The number of rotatable bonds is 1. The molecule has 1 saturated carbocycles. The van der Waals surface area contributed by atoms with Gasteiger partial charge in [0.1, 0.15) is 0 Å². The molecular weight excluding hydrogens is 130 g/mol. The molecule has 0 radical (unpaired) electrons. The molecule has 1 unspecified atom stereocenters. The summed E-state index contributed by atoms with van der Waals surface area (Å²) in [5, 5.41) is 8.58. The minimum atomic E-state index is -0.800. The van der Waals surface area contributed by atoms with Crippen LogP contribution in [-0.2, 0) is 4.79 Å². The zero-order valence-electron chi connectivity index (χ0n) is 5.71. The second-order valence-electron chi connectivity index (χ2n) is 2.77. The molecule has 10 heavy (non-hydrogen) atoms. The Morgan fingerprint density at radius 1 is 1.70 bits per heavy atom. The van der Waals surface area contributed by atoms with Crippen molar-refractivity contribution >= 4 is 5.97 Å². The molecule has 0 aromatic rings. The van der Waals surface area contributed by atoms with E-state index in [0.717, 1.165) is 5.57 Å². The van der Waals surface area contributed by atoms with Crippen LogP contribution in [0.2, 0.25) is 0 Å². The lowest BCUT2D eigenvalue weighted by molar-refractivity contribution is -0.141. The highest BCUT2D eigenvalue weighted by atomic mass is 16.4. The molecule has 0 aromatic carbocycles. The zero-order valence-corrected chi connectivity index (χ0v) is 5.71. The molecule has 1 rings (SSSR count). The molecule has 1 aliphatic carbocycles. The molecule has 3 heteroatoms. The third-order valence-corrected chi connectivity index (χ3v) is 1.87. The number of hydrogen-bond acceptors (Lipinski definition) is 2. The van der Waals surface area contributed by atoms with Crippen molar-refractivity contribution in [3.05, 3.63) is 12.2 Å². The van der Waals surface area contributed by atoms with Crippen LogP contribution in [0.15, 0.2) is 12.2 Å². The first-order chi connectivity index (χ1) is 4.61. The van der Waals surface area contributed by atoms with Crippen molar-refractivity contribution in [2.75, 3.05) is 0 Å². The average molecular weight is 141 g/mol. The number of nitrogens with two attached hydrogens (primary N) is 1. The Morgan fingerprint density at radius 2 is 2.30 bits per heavy atom. The zero-order chi connectivity index (χ0) is 7.72. The normalized spacial score (nSPS) is 32.7. The van der Waals surface area contributed by atoms with E-state index in [4.69, 9.17) is 10.8 Å². The van der Waals surface area contributed by atoms with Crippen molar-refractivity contribution in [1.29, 1.82) is 0 Å². The molecule has 0 saturated heterocycles. The lowest BCUT2D eigenvalue weighted by Gasteiger charge is -2.07. The fourth-order valence-corrected chi connectivity index (χ4v) is 1.29. The summed E-state index contributed by atoms with van der Waals surface area (Å²) in [6.45, 7) is 3.69. The first-order valence-electron chi connectivity index (χ1n) is 3.26. The Labute approximate surface area is 59.5 Å². The van der Waals surface area contributed by atoms with Gasteiger partial charge in [0.15, 0.2) is 0 Å². The summed E-state index contributed by atoms with van der Waals surface area (Å²) >= 11 is 0. The van der Waals surface area contributed by atoms with Crippen molar-refractivity contribution in [3.63, 3.8) is 0 Å². The number of aliphatic carboxylic acids is 1. The molecule has 2 atom stereocenters. The SMILES string of the molecule is C=C1CC(N)[C@@H](C(=O)O)C1. The van der Waals surface area contributed by atoms with Crippen LogP contribution in [0, 0.1) is 5.92 Å². The van der Waals surface area contributed by atoms with Gasteiger partial charge < -0.3 is 10.8 Å². The Kier molecular flexibility index (Phi) is 1.76. The number of carbonyl (C=O) groups is 1. The molecule has 3 nitrogen and oxygen atoms in total. The molecule has 0 aliphatic heterocycles. The fourth-order valence-electron chi connectivity index (χ4n) is 1.29. The second kappa shape index (κ2) is 2.42. The monoisotopic (exact) mass is 141 g/mol. The quantitative estimate of drug-likeness (QED) is 0.518. The Bertz CT molecular complexity index is 176. The molecule has 0 bridgehead atoms. The topological polar surface area (TPSA) is 63.3 Å². The minimum Gasteiger partial charge on any atom is -0.481 e. The fraction of sp³-hybridized carbons (Fsp3) is 0.571. The van der Waals surface area contributed by atoms with Crippen LogP contribution < -0.4 is 5.73 Å². The standard InChI is InChI=1S/C7H11NO2/c1-4-2-5(7(9)10)6(8)3-4/h5-6H,1-3,8H2,(H,9,10)/t5-,6?/m0/s1. The van der Waals surface area contributed by atoms with E-state index < -0.39 is 11.9 Å². The van der Waals surface area contributed by atoms with E-state index in [-0.39, 0.29) is 6.04 Å². The summed E-state index contributed by atoms with van der Waals surface area (Å²) in [6, 6.07) is -0.218. The van der Waals surface area contributed by atoms with E-state index in [2.05, 4.69) is 6.58 Å². The molecule has 1 fully saturated rings. The van der Waals surface area contributed by atoms with E-state index in [1.165, 1.54) is 0 Å². The summed E-state index contributed by atoms with van der Waals surface area (Å²) in [7, 11) is 0. The van der Waals surface area contributed by atoms with Gasteiger partial charge in [-0.1, -0.05) is 12.2 Å². The van der Waals surface area contributed by atoms with Gasteiger partial charge in [-0.2, -0.15) is 0 Å². The van der Waals surface area contributed by atoms with Gasteiger partial charge in [0.05, 0.1) is 5.92 Å². The maximum absolute atomic E-state index is 10.4. The van der Waals surface area contributed by atoms with Crippen LogP contribution >= 0.6 is 0 Å². The summed E-state index contributed by atoms with van der Waals surface area (Å²) < 4.78 is 0. The summed E-state index contributed by atoms with van der Waals surface area (Å²) in [5.41, 5.74) is 6.49. The molecule has 0 aromatic heterocycles. The lowest BCUT2D eigenvalue weighted by Crippen LogP contribution is -2.30. The molecule has 0 amide bonds. The second-order valence-corrected chi connectivity index (χ2v) is 2.77. The molecule has 1 aliphatic rings. The van der Waals surface area contributed by atoms with Gasteiger partial charge in [0.2, 0.25) is 0 Å². The van der Waals surface area contributed by atoms with E-state index in [0.29, 0.717) is 12.8 Å². The summed E-state index contributed by atoms with van der Waals surface area (Å²) in [5.74, 6) is -1.20. The van der Waals surface area contributed by atoms with Crippen LogP contribution in [0.5, 0.6) is 0 Å². The summed E-state index contributed by atoms with van der Waals surface area (Å²) in [4.78, 5) is 10.4. The van der Waals surface area contributed by atoms with Gasteiger partial charge >= 0.3 is 5.97 Å². The molecule has 56 valence electrons. The molecule has 0 heterocycles. The minimum absolute atomic E-state index is 0.218. The van der Waals surface area contributed by atoms with Crippen LogP contribution in [0.4, 0.5) is 0 Å². The first kappa shape index (κ1) is 7.28. The number of hydrogen-bond donors (Lipinski definition) is 2. The molecule has 3 N–H and O–H groups in total. The van der Waals surface area contributed by atoms with E-state index >= 15 is 0 Å². The lowest BCUT2D eigenvalue weighted by atomic mass is 10.1. The van der Waals surface area contributed by atoms with Gasteiger partial charge in [-0.3, -0.25) is 4.79 Å². The van der Waals surface area contributed by atoms with E-state index in [9.17, 15) is 4.79 Å². The summed E-state index contributed by atoms with van der Waals surface area (Å²) in [6.07, 6.45) is 1.22. The number of carboxylic acids is 1. The highest BCUT2D eigenvalue weighted by Gasteiger charge is 2.31. The van der Waals surface area contributed by atoms with Crippen molar-refractivity contribution in [2.24, 2.45) is 11.7 Å². The van der Waals surface area contributed by atoms with Gasteiger partial charge in [0.25, 0.3) is 0 Å². The van der Waals surface area contributed by atoms with Crippen LogP contribution in [0.1, 0.15) is 12.8 Å². The van der Waals surface area contributed by atoms with Crippen LogP contribution in [0.3, 0.4) is 0 Å². The van der Waals surface area contributed by atoms with E-state index in [1.54, 1.807) is 0 Å². The maximum Gasteiger partial charge on any atom is 0.308 e. The van der Waals surface area contributed by atoms with E-state index in [1.807, 2.05) is 0 Å². The highest BCUT2D eigenvalue weighted by Crippen LogP contribution is 2.27. The van der Waals surface area contributed by atoms with Gasteiger partial charge in [-0.25, -0.2) is 0 Å². The van der Waals surface area contributed by atoms with Crippen molar-refractivity contribution in [1.82, 2.24) is 0 Å². The van der Waals surface area contributed by atoms with Crippen molar-refractivity contribution in [2.45, 2.75) is 18.9 Å². The third-order valence-electron chi connectivity index (χ3n) is 1.87. The predicted molar refractivity (Wildman–Crippen MR) is 37.5 cm³/mol. The van der Waals surface area contributed by atoms with Gasteiger partial charge in [-0.15, -0.1) is 0 Å². The highest BCUT2D eigenvalue weighted by molar-refractivity contribution is 5.72. The Balaban J connectivity index is 2.63. The Hall–Kier alpha value is -0.830. The molecular formula is C7H11NO2. The van der Waals surface area contributed by atoms with Crippen LogP contribution in [0.25, 0.3) is 0 Å². The first-order valence-corrected chi connectivity index (χ1v) is 3.26. The smallest absolute Gasteiger partial charge is 0.308 e. The maximum atomic E-state index is 10.4. The molecule has 0 spiro atoms. The average Bonchev–Trinajstić information content (AvgIpc) is 2.10. The largest absolute Gasteiger partial charge is 0.481 e. The van der Waals surface area contributed by atoms with Crippen LogP contribution in [-0.4, -0.2) is 17.1 Å². The van der Waals surface area contributed by atoms with Crippen molar-refractivity contribution < 1.29 is 9.90 Å². The third kappa shape index (κ3) is 1.19. The number of carboxylic acid groups (broad SMARTS) is 1. The van der Waals surface area contributed by atoms with Crippen molar-refractivity contribution in [3.8, 4) is 0 Å². The van der Waals surface area contributed by atoms with Gasteiger partial charge in [0, 0.05) is 6.04 Å². The Morgan fingerprint density at radius 3 is 2.50 bits per heavy atom.